The van der Waals surface area contributed by atoms with Crippen molar-refractivity contribution < 1.29 is 4.74 Å². The second-order valence-electron chi connectivity index (χ2n) is 13.0. The van der Waals surface area contributed by atoms with E-state index in [1.54, 1.807) is 6.42 Å². The highest BCUT2D eigenvalue weighted by molar-refractivity contribution is 5.15. The Morgan fingerprint density at radius 2 is 1.62 bits per heavy atom. The summed E-state index contributed by atoms with van der Waals surface area (Å²) in [6.07, 6.45) is 15.1. The standard InChI is InChI=1S/C27H45NO/c1-16-5-7-20-19(13-16)6-8-22-21(20)10-11-26(4)23(22)14-24-25(26)18(3)27(29-24)12-9-17(2)15-28-27/h16-25,28H,5-15H2,1-4H3/t16-,17-,18-,19-,20-,21+,22+,23-,24-,25-,26-,27-/m0/s1. The van der Waals surface area contributed by atoms with Crippen LogP contribution in [0.3, 0.4) is 0 Å². The molecule has 0 radical (unpaired) electrons. The van der Waals surface area contributed by atoms with Crippen LogP contribution >= 0.6 is 0 Å². The molecule has 164 valence electrons. The summed E-state index contributed by atoms with van der Waals surface area (Å²) in [4.78, 5) is 0. The summed E-state index contributed by atoms with van der Waals surface area (Å²) < 4.78 is 7.02. The smallest absolute Gasteiger partial charge is 0.122 e. The first-order valence-corrected chi connectivity index (χ1v) is 13.3. The SMILES string of the molecule is C[C@H]1CC[C@]2(NC1)O[C@H]1C[C@H]3[C@@H]4CC[C@H]5C[C@@H](C)CC[C@@H]5[C@H]4CC[C@]3(C)[C@H]1[C@@H]2C. The molecule has 0 aromatic rings. The van der Waals surface area contributed by atoms with E-state index in [4.69, 9.17) is 4.74 Å². The van der Waals surface area contributed by atoms with Gasteiger partial charge in [0.05, 0.1) is 6.10 Å². The summed E-state index contributed by atoms with van der Waals surface area (Å²) in [6.45, 7) is 11.3. The van der Waals surface area contributed by atoms with Gasteiger partial charge >= 0.3 is 0 Å². The third-order valence-corrected chi connectivity index (χ3v) is 11.7. The van der Waals surface area contributed by atoms with Crippen molar-refractivity contribution in [3.05, 3.63) is 0 Å². The van der Waals surface area contributed by atoms with Crippen LogP contribution in [0.1, 0.15) is 91.9 Å². The molecular formula is C27H45NO. The minimum Gasteiger partial charge on any atom is -0.357 e. The number of piperidine rings is 1. The number of rotatable bonds is 0. The van der Waals surface area contributed by atoms with Crippen LogP contribution in [0.4, 0.5) is 0 Å². The molecule has 2 nitrogen and oxygen atoms in total. The van der Waals surface area contributed by atoms with Gasteiger partial charge in [0.1, 0.15) is 5.72 Å². The van der Waals surface area contributed by atoms with Gasteiger partial charge in [-0.3, -0.25) is 5.32 Å². The molecule has 2 aliphatic heterocycles. The molecule has 4 aliphatic carbocycles. The Hall–Kier alpha value is -0.0800. The first kappa shape index (κ1) is 19.6. The predicted octanol–water partition coefficient (Wildman–Crippen LogP) is 6.25. The van der Waals surface area contributed by atoms with Gasteiger partial charge in [0.2, 0.25) is 0 Å². The van der Waals surface area contributed by atoms with E-state index in [0.29, 0.717) is 17.4 Å². The maximum atomic E-state index is 7.02. The van der Waals surface area contributed by atoms with Gasteiger partial charge in [0, 0.05) is 12.5 Å². The van der Waals surface area contributed by atoms with Gasteiger partial charge in [-0.2, -0.15) is 0 Å². The van der Waals surface area contributed by atoms with Gasteiger partial charge in [-0.25, -0.2) is 0 Å². The fourth-order valence-electron chi connectivity index (χ4n) is 10.3. The Labute approximate surface area is 179 Å². The van der Waals surface area contributed by atoms with Crippen LogP contribution in [-0.4, -0.2) is 18.4 Å². The molecule has 6 rings (SSSR count). The van der Waals surface area contributed by atoms with Crippen molar-refractivity contribution in [2.24, 2.45) is 58.7 Å². The lowest BCUT2D eigenvalue weighted by molar-refractivity contribution is -0.118. The lowest BCUT2D eigenvalue weighted by atomic mass is 9.48. The molecule has 12 atom stereocenters. The van der Waals surface area contributed by atoms with Crippen molar-refractivity contribution in [1.82, 2.24) is 5.32 Å². The molecule has 4 saturated carbocycles. The summed E-state index contributed by atoms with van der Waals surface area (Å²) in [5.74, 6) is 8.41. The van der Waals surface area contributed by atoms with Crippen molar-refractivity contribution in [2.45, 2.75) is 104 Å². The zero-order chi connectivity index (χ0) is 20.0. The molecule has 0 amide bonds. The maximum Gasteiger partial charge on any atom is 0.122 e. The third-order valence-electron chi connectivity index (χ3n) is 11.7. The van der Waals surface area contributed by atoms with Crippen LogP contribution in [0.25, 0.3) is 0 Å². The topological polar surface area (TPSA) is 21.3 Å². The number of hydrogen-bond acceptors (Lipinski definition) is 2. The number of ether oxygens (including phenoxy) is 1. The molecule has 1 N–H and O–H groups in total. The van der Waals surface area contributed by atoms with Crippen molar-refractivity contribution in [3.63, 3.8) is 0 Å². The Balaban J connectivity index is 1.24. The van der Waals surface area contributed by atoms with E-state index >= 15 is 0 Å². The summed E-state index contributed by atoms with van der Waals surface area (Å²) in [5.41, 5.74) is 0.540. The van der Waals surface area contributed by atoms with Crippen LogP contribution in [-0.2, 0) is 4.74 Å². The van der Waals surface area contributed by atoms with Gasteiger partial charge in [-0.15, -0.1) is 0 Å². The summed E-state index contributed by atoms with van der Waals surface area (Å²) in [7, 11) is 0. The number of nitrogens with one attached hydrogen (secondary N) is 1. The summed E-state index contributed by atoms with van der Waals surface area (Å²) >= 11 is 0. The zero-order valence-electron chi connectivity index (χ0n) is 19.5. The van der Waals surface area contributed by atoms with E-state index in [-0.39, 0.29) is 5.72 Å². The van der Waals surface area contributed by atoms with Gasteiger partial charge in [-0.1, -0.05) is 34.1 Å². The number of fused-ring (bicyclic) bond motifs is 7. The summed E-state index contributed by atoms with van der Waals surface area (Å²) in [5, 5.41) is 3.91. The van der Waals surface area contributed by atoms with Gasteiger partial charge in [-0.05, 0) is 111 Å². The van der Waals surface area contributed by atoms with Gasteiger partial charge in [0.15, 0.2) is 0 Å². The van der Waals surface area contributed by atoms with Crippen molar-refractivity contribution in [1.29, 1.82) is 0 Å². The van der Waals surface area contributed by atoms with E-state index in [0.717, 1.165) is 53.9 Å². The monoisotopic (exact) mass is 399 g/mol. The van der Waals surface area contributed by atoms with Crippen molar-refractivity contribution in [3.8, 4) is 0 Å². The predicted molar refractivity (Wildman–Crippen MR) is 118 cm³/mol. The lowest BCUT2D eigenvalue weighted by Gasteiger charge is -2.57. The average molecular weight is 400 g/mol. The van der Waals surface area contributed by atoms with E-state index in [2.05, 4.69) is 33.0 Å². The second-order valence-corrected chi connectivity index (χ2v) is 13.0. The van der Waals surface area contributed by atoms with E-state index in [1.807, 2.05) is 0 Å². The summed E-state index contributed by atoms with van der Waals surface area (Å²) in [6, 6.07) is 0. The largest absolute Gasteiger partial charge is 0.357 e. The number of hydrogen-bond donors (Lipinski definition) is 1. The maximum absolute atomic E-state index is 7.02. The minimum atomic E-state index is 0.00381. The van der Waals surface area contributed by atoms with Crippen LogP contribution in [0, 0.1) is 58.7 Å². The highest BCUT2D eigenvalue weighted by atomic mass is 16.5. The molecule has 6 fully saturated rings. The Morgan fingerprint density at radius 1 is 0.793 bits per heavy atom. The van der Waals surface area contributed by atoms with E-state index < -0.39 is 0 Å². The molecule has 2 heterocycles. The fourth-order valence-corrected chi connectivity index (χ4v) is 10.3. The average Bonchev–Trinajstić information content (AvgIpc) is 3.15. The molecule has 0 aromatic heterocycles. The lowest BCUT2D eigenvalue weighted by Crippen LogP contribution is -2.56. The van der Waals surface area contributed by atoms with Crippen LogP contribution in [0.5, 0.6) is 0 Å². The first-order valence-electron chi connectivity index (χ1n) is 13.3. The highest BCUT2D eigenvalue weighted by Crippen LogP contribution is 2.69. The molecule has 0 aromatic carbocycles. The van der Waals surface area contributed by atoms with Crippen molar-refractivity contribution in [2.75, 3.05) is 6.54 Å². The molecule has 2 heteroatoms. The highest BCUT2D eigenvalue weighted by Gasteiger charge is 2.67. The first-order chi connectivity index (χ1) is 13.9. The van der Waals surface area contributed by atoms with E-state index in [9.17, 15) is 0 Å². The van der Waals surface area contributed by atoms with Crippen LogP contribution < -0.4 is 5.32 Å². The van der Waals surface area contributed by atoms with Crippen LogP contribution in [0.15, 0.2) is 0 Å². The molecule has 2 saturated heterocycles. The second kappa shape index (κ2) is 6.71. The normalized spacial score (nSPS) is 61.7. The van der Waals surface area contributed by atoms with Gasteiger partial charge in [0.25, 0.3) is 0 Å². The van der Waals surface area contributed by atoms with Crippen molar-refractivity contribution >= 4 is 0 Å². The Bertz CT molecular complexity index is 638. The molecule has 6 aliphatic rings. The molecular weight excluding hydrogens is 354 g/mol. The fraction of sp³-hybridized carbons (Fsp3) is 1.00. The van der Waals surface area contributed by atoms with Crippen LogP contribution in [0.2, 0.25) is 0 Å². The third kappa shape index (κ3) is 2.73. The van der Waals surface area contributed by atoms with Gasteiger partial charge < -0.3 is 4.74 Å². The molecule has 1 spiro atoms. The molecule has 0 unspecified atom stereocenters. The Kier molecular flexibility index (Phi) is 4.53. The quantitative estimate of drug-likeness (QED) is 0.519. The minimum absolute atomic E-state index is 0.00381. The Morgan fingerprint density at radius 3 is 2.41 bits per heavy atom. The van der Waals surface area contributed by atoms with E-state index in [1.165, 1.54) is 57.8 Å². The zero-order valence-corrected chi connectivity index (χ0v) is 19.5. The molecule has 29 heavy (non-hydrogen) atoms. The molecule has 0 bridgehead atoms.